The third-order valence-electron chi connectivity index (χ3n) is 9.11. The molecular formula is C35H44N6O3. The zero-order chi connectivity index (χ0) is 31.4. The van der Waals surface area contributed by atoms with Crippen LogP contribution in [0.15, 0.2) is 36.8 Å². The number of hydrogen-bond acceptors (Lipinski definition) is 7. The minimum Gasteiger partial charge on any atom is -0.479 e. The Hall–Kier alpha value is -3.98. The van der Waals surface area contributed by atoms with Crippen LogP contribution in [0, 0.1) is 19.3 Å². The first-order chi connectivity index (χ1) is 20.8. The molecule has 1 unspecified atom stereocenters. The van der Waals surface area contributed by atoms with E-state index in [4.69, 9.17) is 9.72 Å². The monoisotopic (exact) mass is 596 g/mol. The molecule has 0 radical (unpaired) electrons. The minimum atomic E-state index is -1.13. The van der Waals surface area contributed by atoms with Crippen molar-refractivity contribution in [3.8, 4) is 11.1 Å². The maximum absolute atomic E-state index is 12.8. The summed E-state index contributed by atoms with van der Waals surface area (Å²) in [5.41, 5.74) is 8.31. The molecule has 0 spiro atoms. The van der Waals surface area contributed by atoms with E-state index in [0.717, 1.165) is 84.8 Å². The van der Waals surface area contributed by atoms with Gasteiger partial charge in [-0.2, -0.15) is 0 Å². The van der Waals surface area contributed by atoms with Gasteiger partial charge in [0.15, 0.2) is 6.10 Å². The van der Waals surface area contributed by atoms with Gasteiger partial charge in [-0.1, -0.05) is 32.0 Å². The predicted molar refractivity (Wildman–Crippen MR) is 174 cm³/mol. The summed E-state index contributed by atoms with van der Waals surface area (Å²) in [5.74, 6) is -0.0481. The first-order valence-electron chi connectivity index (χ1n) is 15.6. The van der Waals surface area contributed by atoms with Gasteiger partial charge in [0.05, 0.1) is 16.7 Å². The number of carbonyl (C=O) groups is 1. The van der Waals surface area contributed by atoms with Gasteiger partial charge in [-0.25, -0.2) is 14.8 Å². The van der Waals surface area contributed by atoms with Crippen molar-refractivity contribution in [1.29, 1.82) is 0 Å². The largest absolute Gasteiger partial charge is 0.479 e. The zero-order valence-corrected chi connectivity index (χ0v) is 27.0. The fraction of sp³-hybridized carbons (Fsp3) is 0.486. The molecule has 0 aliphatic carbocycles. The van der Waals surface area contributed by atoms with Crippen molar-refractivity contribution in [2.24, 2.45) is 5.41 Å². The lowest BCUT2D eigenvalue weighted by Gasteiger charge is -2.41. The van der Waals surface area contributed by atoms with Crippen LogP contribution >= 0.6 is 0 Å². The van der Waals surface area contributed by atoms with Gasteiger partial charge in [0, 0.05) is 54.9 Å². The van der Waals surface area contributed by atoms with Gasteiger partial charge in [0.1, 0.15) is 17.8 Å². The highest BCUT2D eigenvalue weighted by molar-refractivity contribution is 5.89. The average molecular weight is 597 g/mol. The number of fused-ring (bicyclic) bond motifs is 2. The molecule has 9 heteroatoms. The number of carboxylic acid groups (broad SMARTS) is 1. The smallest absolute Gasteiger partial charge is 0.337 e. The van der Waals surface area contributed by atoms with E-state index in [-0.39, 0.29) is 5.41 Å². The number of nitrogens with one attached hydrogen (secondary N) is 1. The second-order valence-corrected chi connectivity index (χ2v) is 14.1. The molecule has 0 amide bonds. The third-order valence-corrected chi connectivity index (χ3v) is 9.11. The van der Waals surface area contributed by atoms with Crippen LogP contribution in [0.5, 0.6) is 0 Å². The average Bonchev–Trinajstić information content (AvgIpc) is 3.44. The summed E-state index contributed by atoms with van der Waals surface area (Å²) < 4.78 is 6.25. The zero-order valence-electron chi connectivity index (χ0n) is 27.0. The Kier molecular flexibility index (Phi) is 7.64. The number of aromatic nitrogens is 4. The standard InChI is InChI=1S/C35H44N6O3/c1-21-27(24-8-9-25-19-41(15-11-23(25)18-24)32-26-10-14-36-31(26)37-20-38-32)29(40-16-12-35(6,7)13-17-40)28(22(2)39-21)30(33(42)43)44-34(3,4)5/h8-10,14,18,20,30H,11-13,15-17,19H2,1-7H3,(H,42,43)(H,36,37,38). The number of rotatable bonds is 6. The second kappa shape index (κ2) is 11.2. The Balaban J connectivity index is 1.44. The van der Waals surface area contributed by atoms with Crippen molar-refractivity contribution in [2.75, 3.05) is 29.4 Å². The Morgan fingerprint density at radius 3 is 2.48 bits per heavy atom. The van der Waals surface area contributed by atoms with Crippen LogP contribution in [0.3, 0.4) is 0 Å². The van der Waals surface area contributed by atoms with Crippen LogP contribution in [-0.2, 0) is 22.5 Å². The molecule has 232 valence electrons. The number of benzene rings is 1. The number of aromatic amines is 1. The summed E-state index contributed by atoms with van der Waals surface area (Å²) >= 11 is 0. The van der Waals surface area contributed by atoms with Crippen LogP contribution in [0.1, 0.15) is 81.6 Å². The van der Waals surface area contributed by atoms with E-state index in [9.17, 15) is 9.90 Å². The molecule has 1 atom stereocenters. The van der Waals surface area contributed by atoms with E-state index >= 15 is 0 Å². The molecule has 2 aliphatic heterocycles. The number of aryl methyl sites for hydroxylation is 2. The summed E-state index contributed by atoms with van der Waals surface area (Å²) in [5, 5.41) is 11.5. The Labute approximate surface area is 259 Å². The number of hydrogen-bond donors (Lipinski definition) is 2. The van der Waals surface area contributed by atoms with Crippen molar-refractivity contribution >= 4 is 28.5 Å². The van der Waals surface area contributed by atoms with Gasteiger partial charge in [-0.3, -0.25) is 4.98 Å². The van der Waals surface area contributed by atoms with Gasteiger partial charge < -0.3 is 24.6 Å². The predicted octanol–water partition coefficient (Wildman–Crippen LogP) is 6.77. The number of anilines is 2. The number of piperidine rings is 1. The Bertz CT molecular complexity index is 1710. The molecule has 6 rings (SSSR count). The summed E-state index contributed by atoms with van der Waals surface area (Å²) in [4.78, 5) is 34.6. The first kappa shape index (κ1) is 30.1. The molecule has 4 aromatic rings. The summed E-state index contributed by atoms with van der Waals surface area (Å²) in [6.45, 7) is 17.6. The van der Waals surface area contributed by atoms with Crippen LogP contribution in [-0.4, -0.2) is 56.2 Å². The van der Waals surface area contributed by atoms with Crippen molar-refractivity contribution in [2.45, 2.75) is 86.0 Å². The van der Waals surface area contributed by atoms with Crippen molar-refractivity contribution < 1.29 is 14.6 Å². The quantitative estimate of drug-likeness (QED) is 0.251. The van der Waals surface area contributed by atoms with E-state index in [1.54, 1.807) is 6.33 Å². The normalized spacial score (nSPS) is 17.5. The molecule has 3 aromatic heterocycles. The fourth-order valence-electron chi connectivity index (χ4n) is 6.76. The molecular weight excluding hydrogens is 552 g/mol. The molecule has 0 saturated carbocycles. The molecule has 0 bridgehead atoms. The number of aliphatic carboxylic acids is 1. The van der Waals surface area contributed by atoms with Crippen molar-refractivity contribution in [3.63, 3.8) is 0 Å². The lowest BCUT2D eigenvalue weighted by Crippen LogP contribution is -2.39. The Morgan fingerprint density at radius 2 is 1.77 bits per heavy atom. The van der Waals surface area contributed by atoms with Crippen LogP contribution in [0.4, 0.5) is 11.5 Å². The van der Waals surface area contributed by atoms with E-state index in [1.807, 2.05) is 46.9 Å². The van der Waals surface area contributed by atoms with Gasteiger partial charge >= 0.3 is 5.97 Å². The van der Waals surface area contributed by atoms with Gasteiger partial charge in [-0.15, -0.1) is 0 Å². The SMILES string of the molecule is Cc1nc(C)c(C(OC(C)(C)C)C(=O)O)c(N2CCC(C)(C)CC2)c1-c1ccc2c(c1)CCN(c1ncnc3[nH]ccc13)C2. The number of pyridine rings is 1. The number of H-pyrrole nitrogens is 1. The van der Waals surface area contributed by atoms with Crippen LogP contribution in [0.25, 0.3) is 22.2 Å². The molecule has 9 nitrogen and oxygen atoms in total. The Morgan fingerprint density at radius 1 is 1.02 bits per heavy atom. The fourth-order valence-corrected chi connectivity index (χ4v) is 6.76. The maximum Gasteiger partial charge on any atom is 0.337 e. The van der Waals surface area contributed by atoms with Gasteiger partial charge in [0.2, 0.25) is 0 Å². The highest BCUT2D eigenvalue weighted by Crippen LogP contribution is 2.45. The number of carboxylic acids is 1. The molecule has 2 N–H and O–H groups in total. The molecule has 1 fully saturated rings. The van der Waals surface area contributed by atoms with E-state index in [2.05, 4.69) is 56.8 Å². The topological polar surface area (TPSA) is 107 Å². The van der Waals surface area contributed by atoms with Crippen molar-refractivity contribution in [3.05, 3.63) is 64.9 Å². The summed E-state index contributed by atoms with van der Waals surface area (Å²) in [6, 6.07) is 8.72. The maximum atomic E-state index is 12.8. The first-order valence-corrected chi connectivity index (χ1v) is 15.6. The third kappa shape index (κ3) is 5.77. The minimum absolute atomic E-state index is 0.245. The lowest BCUT2D eigenvalue weighted by molar-refractivity contribution is -0.160. The molecule has 1 saturated heterocycles. The van der Waals surface area contributed by atoms with Gasteiger partial charge in [-0.05, 0) is 82.1 Å². The highest BCUT2D eigenvalue weighted by Gasteiger charge is 2.36. The lowest BCUT2D eigenvalue weighted by atomic mass is 9.81. The number of ether oxygens (including phenoxy) is 1. The summed E-state index contributed by atoms with van der Waals surface area (Å²) in [6.07, 6.45) is 5.33. The molecule has 1 aromatic carbocycles. The molecule has 2 aliphatic rings. The van der Waals surface area contributed by atoms with Crippen LogP contribution in [0.2, 0.25) is 0 Å². The molecule has 5 heterocycles. The van der Waals surface area contributed by atoms with E-state index in [1.165, 1.54) is 11.1 Å². The van der Waals surface area contributed by atoms with Gasteiger partial charge in [0.25, 0.3) is 0 Å². The molecule has 44 heavy (non-hydrogen) atoms. The summed E-state index contributed by atoms with van der Waals surface area (Å²) in [7, 11) is 0. The van der Waals surface area contributed by atoms with E-state index in [0.29, 0.717) is 11.3 Å². The highest BCUT2D eigenvalue weighted by atomic mass is 16.5. The van der Waals surface area contributed by atoms with Crippen molar-refractivity contribution in [1.82, 2.24) is 19.9 Å². The second-order valence-electron chi connectivity index (χ2n) is 14.1. The van der Waals surface area contributed by atoms with E-state index < -0.39 is 17.7 Å². The number of nitrogens with zero attached hydrogens (tertiary/aromatic N) is 5. The van der Waals surface area contributed by atoms with Crippen LogP contribution < -0.4 is 9.80 Å².